The van der Waals surface area contributed by atoms with Crippen LogP contribution < -0.4 is 19.7 Å². The molecule has 0 atom stereocenters. The number of benzene rings is 2. The zero-order valence-electron chi connectivity index (χ0n) is 22.6. The van der Waals surface area contributed by atoms with E-state index in [1.807, 2.05) is 12.1 Å². The van der Waals surface area contributed by atoms with Gasteiger partial charge in [-0.3, -0.25) is 9.69 Å². The Bertz CT molecular complexity index is 1240. The fraction of sp³-hybridized carbons (Fsp3) is 0.467. The van der Waals surface area contributed by atoms with Crippen molar-refractivity contribution in [3.63, 3.8) is 0 Å². The molecule has 8 nitrogen and oxygen atoms in total. The Labute approximate surface area is 225 Å². The van der Waals surface area contributed by atoms with Crippen LogP contribution in [0, 0.1) is 0 Å². The van der Waals surface area contributed by atoms with Crippen LogP contribution in [0.25, 0.3) is 10.8 Å². The van der Waals surface area contributed by atoms with E-state index in [0.717, 1.165) is 69.8 Å². The fourth-order valence-electron chi connectivity index (χ4n) is 5.08. The maximum absolute atomic E-state index is 11.6. The third-order valence-corrected chi connectivity index (χ3v) is 7.30. The van der Waals surface area contributed by atoms with E-state index in [0.29, 0.717) is 31.3 Å². The highest BCUT2D eigenvalue weighted by Gasteiger charge is 2.19. The first-order valence-electron chi connectivity index (χ1n) is 13.8. The quantitative estimate of drug-likeness (QED) is 0.385. The minimum absolute atomic E-state index is 0.0251. The van der Waals surface area contributed by atoms with E-state index < -0.39 is 0 Å². The molecule has 2 aromatic carbocycles. The number of hydrogen-bond acceptors (Lipinski definition) is 7. The summed E-state index contributed by atoms with van der Waals surface area (Å²) >= 11 is 0. The number of carbonyl (C=O) groups is 1. The second-order valence-electron chi connectivity index (χ2n) is 10.4. The normalized spacial score (nSPS) is 16.0. The van der Waals surface area contributed by atoms with Gasteiger partial charge in [-0.1, -0.05) is 18.2 Å². The number of unbranched alkanes of at least 4 members (excludes halogenated alkanes) is 1. The number of piperazine rings is 1. The second kappa shape index (κ2) is 12.5. The van der Waals surface area contributed by atoms with E-state index in [-0.39, 0.29) is 5.91 Å². The lowest BCUT2D eigenvalue weighted by atomic mass is 10.1. The molecule has 8 heteroatoms. The minimum atomic E-state index is 0.0251. The molecular formula is C30H39N5O3. The summed E-state index contributed by atoms with van der Waals surface area (Å²) < 4.78 is 11.9. The Hall–Kier alpha value is -3.36. The molecule has 1 fully saturated rings. The summed E-state index contributed by atoms with van der Waals surface area (Å²) in [6.45, 7) is 7.45. The number of nitrogens with one attached hydrogen (secondary N) is 1. The molecule has 1 saturated heterocycles. The number of pyridine rings is 1. The van der Waals surface area contributed by atoms with Crippen molar-refractivity contribution in [2.24, 2.45) is 0 Å². The Balaban J connectivity index is 1.06. The van der Waals surface area contributed by atoms with E-state index in [1.54, 1.807) is 0 Å². The van der Waals surface area contributed by atoms with Crippen molar-refractivity contribution in [2.75, 3.05) is 76.8 Å². The molecule has 3 heterocycles. The van der Waals surface area contributed by atoms with Crippen LogP contribution in [0.5, 0.6) is 11.6 Å². The van der Waals surface area contributed by atoms with E-state index in [1.165, 1.54) is 16.5 Å². The molecule has 0 bridgehead atoms. The molecule has 2 aliphatic rings. The van der Waals surface area contributed by atoms with Crippen LogP contribution in [-0.4, -0.2) is 87.3 Å². The number of aromatic nitrogens is 1. The van der Waals surface area contributed by atoms with Crippen LogP contribution in [0.15, 0.2) is 48.5 Å². The summed E-state index contributed by atoms with van der Waals surface area (Å²) in [5.41, 5.74) is 2.37. The van der Waals surface area contributed by atoms with Crippen LogP contribution in [-0.2, 0) is 11.2 Å². The number of nitrogens with zero attached hydrogens (tertiary/aromatic N) is 4. The van der Waals surface area contributed by atoms with Gasteiger partial charge in [0.25, 0.3) is 0 Å². The predicted octanol–water partition coefficient (Wildman–Crippen LogP) is 4.04. The van der Waals surface area contributed by atoms with Crippen LogP contribution in [0.4, 0.5) is 11.5 Å². The maximum atomic E-state index is 11.6. The molecule has 0 spiro atoms. The van der Waals surface area contributed by atoms with Crippen molar-refractivity contribution >= 4 is 28.2 Å². The summed E-state index contributed by atoms with van der Waals surface area (Å²) in [4.78, 5) is 23.2. The van der Waals surface area contributed by atoms with Crippen LogP contribution in [0.3, 0.4) is 0 Å². The number of likely N-dealkylation sites (N-methyl/N-ethyl adjacent to an activating group) is 1. The van der Waals surface area contributed by atoms with Gasteiger partial charge in [0.05, 0.1) is 6.61 Å². The van der Waals surface area contributed by atoms with Gasteiger partial charge < -0.3 is 24.6 Å². The van der Waals surface area contributed by atoms with Gasteiger partial charge in [-0.25, -0.2) is 0 Å². The summed E-state index contributed by atoms with van der Waals surface area (Å²) in [7, 11) is 4.12. The number of carbonyl (C=O) groups excluding carboxylic acids is 1. The number of fused-ring (bicyclic) bond motifs is 2. The number of amides is 1. The van der Waals surface area contributed by atoms with Gasteiger partial charge in [0.2, 0.25) is 11.8 Å². The molecule has 202 valence electrons. The lowest BCUT2D eigenvalue weighted by Crippen LogP contribution is -2.46. The molecule has 1 N–H and O–H groups in total. The van der Waals surface area contributed by atoms with Crippen molar-refractivity contribution in [1.82, 2.24) is 14.8 Å². The topological polar surface area (TPSA) is 70.2 Å². The van der Waals surface area contributed by atoms with Crippen molar-refractivity contribution < 1.29 is 14.3 Å². The van der Waals surface area contributed by atoms with E-state index >= 15 is 0 Å². The molecule has 0 radical (unpaired) electrons. The number of aryl methyl sites for hydroxylation is 1. The average Bonchev–Trinajstić information content (AvgIpc) is 2.92. The first-order chi connectivity index (χ1) is 18.5. The monoisotopic (exact) mass is 517 g/mol. The van der Waals surface area contributed by atoms with Crippen LogP contribution in [0.2, 0.25) is 0 Å². The third-order valence-electron chi connectivity index (χ3n) is 7.30. The zero-order valence-corrected chi connectivity index (χ0v) is 22.6. The fourth-order valence-corrected chi connectivity index (χ4v) is 5.08. The first kappa shape index (κ1) is 26.3. The van der Waals surface area contributed by atoms with Gasteiger partial charge in [-0.2, -0.15) is 4.98 Å². The van der Waals surface area contributed by atoms with Crippen molar-refractivity contribution in [2.45, 2.75) is 25.7 Å². The molecule has 3 aromatic rings. The Morgan fingerprint density at radius 3 is 2.66 bits per heavy atom. The Morgan fingerprint density at radius 1 is 0.947 bits per heavy atom. The molecular weight excluding hydrogens is 478 g/mol. The van der Waals surface area contributed by atoms with Gasteiger partial charge in [0, 0.05) is 56.3 Å². The summed E-state index contributed by atoms with van der Waals surface area (Å²) in [5.74, 6) is 2.19. The molecule has 0 saturated carbocycles. The highest BCUT2D eigenvalue weighted by atomic mass is 16.5. The molecule has 2 aliphatic heterocycles. The molecule has 38 heavy (non-hydrogen) atoms. The minimum Gasteiger partial charge on any atom is -0.492 e. The van der Waals surface area contributed by atoms with Crippen molar-refractivity contribution in [3.8, 4) is 11.6 Å². The van der Waals surface area contributed by atoms with Crippen LogP contribution in [0.1, 0.15) is 24.8 Å². The van der Waals surface area contributed by atoms with Crippen molar-refractivity contribution in [1.29, 1.82) is 0 Å². The summed E-state index contributed by atoms with van der Waals surface area (Å²) in [5, 5.41) is 5.35. The number of ether oxygens (including phenoxy) is 2. The lowest BCUT2D eigenvalue weighted by Gasteiger charge is -2.36. The number of rotatable bonds is 11. The average molecular weight is 518 g/mol. The van der Waals surface area contributed by atoms with Crippen molar-refractivity contribution in [3.05, 3.63) is 54.1 Å². The SMILES string of the molecule is CN(C)CCOc1ccc2cccc(N3CCN(CCCCOc4ccc5c(n4)NC(=O)CC5)CC3)c2c1. The summed E-state index contributed by atoms with van der Waals surface area (Å²) in [6.07, 6.45) is 3.34. The molecule has 1 amide bonds. The number of anilines is 2. The van der Waals surface area contributed by atoms with Gasteiger partial charge in [0.15, 0.2) is 0 Å². The second-order valence-corrected chi connectivity index (χ2v) is 10.4. The van der Waals surface area contributed by atoms with E-state index in [2.05, 4.69) is 75.5 Å². The van der Waals surface area contributed by atoms with E-state index in [4.69, 9.17) is 9.47 Å². The highest BCUT2D eigenvalue weighted by Crippen LogP contribution is 2.31. The standard InChI is InChI=1S/C30H39N5O3/c1-33(2)19-21-37-25-11-8-23-6-5-7-27(26(23)22-25)35-17-15-34(16-18-35)14-3-4-20-38-29-13-10-24-9-12-28(36)31-30(24)32-29/h5-8,10-11,13,22H,3-4,9,12,14-21H2,1-2H3,(H,31,32,36). The molecule has 0 unspecified atom stereocenters. The number of hydrogen-bond donors (Lipinski definition) is 1. The highest BCUT2D eigenvalue weighted by molar-refractivity contribution is 5.95. The summed E-state index contributed by atoms with van der Waals surface area (Å²) in [6, 6.07) is 16.9. The Kier molecular flexibility index (Phi) is 8.61. The largest absolute Gasteiger partial charge is 0.492 e. The zero-order chi connectivity index (χ0) is 26.3. The third kappa shape index (κ3) is 6.74. The maximum Gasteiger partial charge on any atom is 0.225 e. The van der Waals surface area contributed by atoms with Crippen LogP contribution >= 0.6 is 0 Å². The predicted molar refractivity (Wildman–Crippen MR) is 153 cm³/mol. The lowest BCUT2D eigenvalue weighted by molar-refractivity contribution is -0.116. The smallest absolute Gasteiger partial charge is 0.225 e. The van der Waals surface area contributed by atoms with Gasteiger partial charge >= 0.3 is 0 Å². The molecule has 1 aromatic heterocycles. The van der Waals surface area contributed by atoms with Gasteiger partial charge in [-0.15, -0.1) is 0 Å². The first-order valence-corrected chi connectivity index (χ1v) is 13.8. The van der Waals surface area contributed by atoms with Gasteiger partial charge in [0.1, 0.15) is 18.2 Å². The van der Waals surface area contributed by atoms with E-state index in [9.17, 15) is 4.79 Å². The van der Waals surface area contributed by atoms with Gasteiger partial charge in [-0.05, 0) is 75.1 Å². The molecule has 5 rings (SSSR count). The Morgan fingerprint density at radius 2 is 1.82 bits per heavy atom. The molecule has 0 aliphatic carbocycles.